The van der Waals surface area contributed by atoms with Gasteiger partial charge in [0.15, 0.2) is 0 Å². The number of amides is 2. The Morgan fingerprint density at radius 3 is 1.79 bits per heavy atom. The lowest BCUT2D eigenvalue weighted by Gasteiger charge is -2.45. The van der Waals surface area contributed by atoms with E-state index in [2.05, 4.69) is 46.9 Å². The van der Waals surface area contributed by atoms with Gasteiger partial charge in [-0.05, 0) is 35.2 Å². The topological polar surface area (TPSA) is 54.7 Å². The number of aromatic nitrogens is 1. The van der Waals surface area contributed by atoms with Gasteiger partial charge in [0.2, 0.25) is 0 Å². The van der Waals surface area contributed by atoms with Gasteiger partial charge in [-0.15, -0.1) is 0 Å². The Kier molecular flexibility index (Phi) is 4.01. The largest absolute Gasteiger partial charge is 0.347 e. The number of imide groups is 1. The van der Waals surface area contributed by atoms with Gasteiger partial charge < -0.3 is 4.57 Å². The summed E-state index contributed by atoms with van der Waals surface area (Å²) in [5, 5.41) is 6.70. The Balaban J connectivity index is 1.32. The molecule has 4 aromatic rings. The van der Waals surface area contributed by atoms with Gasteiger partial charge in [-0.25, -0.2) is 0 Å². The number of para-hydroxylation sites is 1. The van der Waals surface area contributed by atoms with Crippen LogP contribution in [0.5, 0.6) is 0 Å². The average Bonchev–Trinajstić information content (AvgIpc) is 3.37. The third-order valence-electron chi connectivity index (χ3n) is 7.90. The highest BCUT2D eigenvalue weighted by molar-refractivity contribution is 6.08. The molecule has 8 rings (SSSR count). The summed E-state index contributed by atoms with van der Waals surface area (Å²) in [6, 6.07) is 24.7. The molecule has 4 aliphatic rings. The Labute approximate surface area is 197 Å². The second-order valence-electron chi connectivity index (χ2n) is 9.39. The highest BCUT2D eigenvalue weighted by atomic mass is 16.2. The van der Waals surface area contributed by atoms with E-state index >= 15 is 0 Å². The summed E-state index contributed by atoms with van der Waals surface area (Å²) in [4.78, 5) is 27.4. The summed E-state index contributed by atoms with van der Waals surface area (Å²) in [6.45, 7) is 2.93. The lowest BCUT2D eigenvalue weighted by molar-refractivity contribution is -0.139. The SMILES string of the molecule is CCn1cc(/C=N\N2C(=O)[C@@H]3C4c5ccccc5C(c5ccccc54)[C@H]3C2=O)c2ccccc21. The molecule has 166 valence electrons. The molecule has 2 amide bonds. The van der Waals surface area contributed by atoms with Crippen molar-refractivity contribution in [3.8, 4) is 0 Å². The average molecular weight is 446 g/mol. The molecule has 2 atom stereocenters. The van der Waals surface area contributed by atoms with E-state index in [9.17, 15) is 9.59 Å². The predicted octanol–water partition coefficient (Wildman–Crippen LogP) is 4.89. The minimum atomic E-state index is -0.406. The van der Waals surface area contributed by atoms with Crippen molar-refractivity contribution in [1.29, 1.82) is 0 Å². The molecule has 0 radical (unpaired) electrons. The van der Waals surface area contributed by atoms with Crippen molar-refractivity contribution >= 4 is 28.9 Å². The molecule has 2 bridgehead atoms. The number of rotatable bonds is 3. The second kappa shape index (κ2) is 7.00. The van der Waals surface area contributed by atoms with Gasteiger partial charge in [0.05, 0.1) is 18.1 Å². The van der Waals surface area contributed by atoms with Crippen LogP contribution in [0.4, 0.5) is 0 Å². The van der Waals surface area contributed by atoms with Gasteiger partial charge in [-0.2, -0.15) is 10.1 Å². The van der Waals surface area contributed by atoms with E-state index in [1.165, 1.54) is 22.3 Å². The number of carbonyl (C=O) groups excluding carboxylic acids is 2. The molecular weight excluding hydrogens is 422 g/mol. The number of benzene rings is 3. The number of fused-ring (bicyclic) bond motifs is 1. The van der Waals surface area contributed by atoms with Crippen LogP contribution in [0.2, 0.25) is 0 Å². The molecule has 1 aliphatic heterocycles. The van der Waals surface area contributed by atoms with Crippen LogP contribution in [0.3, 0.4) is 0 Å². The van der Waals surface area contributed by atoms with Crippen molar-refractivity contribution in [2.24, 2.45) is 16.9 Å². The number of aryl methyl sites for hydroxylation is 1. The normalized spacial score (nSPS) is 24.7. The molecule has 3 aromatic carbocycles. The van der Waals surface area contributed by atoms with Crippen molar-refractivity contribution in [1.82, 2.24) is 9.58 Å². The highest BCUT2D eigenvalue weighted by Gasteiger charge is 2.61. The number of hydrogen-bond donors (Lipinski definition) is 0. The maximum absolute atomic E-state index is 13.7. The fraction of sp³-hybridized carbons (Fsp3) is 0.207. The minimum Gasteiger partial charge on any atom is -0.347 e. The maximum atomic E-state index is 13.7. The van der Waals surface area contributed by atoms with Crippen molar-refractivity contribution in [2.45, 2.75) is 25.3 Å². The first-order valence-corrected chi connectivity index (χ1v) is 11.9. The molecule has 1 fully saturated rings. The predicted molar refractivity (Wildman–Crippen MR) is 131 cm³/mol. The van der Waals surface area contributed by atoms with Crippen LogP contribution in [-0.4, -0.2) is 27.6 Å². The molecule has 5 nitrogen and oxygen atoms in total. The first kappa shape index (κ1) is 19.5. The molecule has 0 unspecified atom stereocenters. The number of nitrogens with zero attached hydrogens (tertiary/aromatic N) is 3. The van der Waals surface area contributed by atoms with Crippen LogP contribution >= 0.6 is 0 Å². The summed E-state index contributed by atoms with van der Waals surface area (Å²) in [7, 11) is 0. The third-order valence-corrected chi connectivity index (χ3v) is 7.90. The highest BCUT2D eigenvalue weighted by Crippen LogP contribution is 2.60. The lowest BCUT2D eigenvalue weighted by Crippen LogP contribution is -2.41. The Bertz CT molecular complexity index is 1420. The van der Waals surface area contributed by atoms with E-state index < -0.39 is 11.8 Å². The van der Waals surface area contributed by atoms with Crippen LogP contribution < -0.4 is 0 Å². The molecule has 34 heavy (non-hydrogen) atoms. The number of hydrogen-bond acceptors (Lipinski definition) is 3. The van der Waals surface area contributed by atoms with Gasteiger partial charge in [-0.1, -0.05) is 66.7 Å². The second-order valence-corrected chi connectivity index (χ2v) is 9.39. The molecule has 0 N–H and O–H groups in total. The zero-order chi connectivity index (χ0) is 23.0. The fourth-order valence-electron chi connectivity index (χ4n) is 6.54. The summed E-state index contributed by atoms with van der Waals surface area (Å²) >= 11 is 0. The lowest BCUT2D eigenvalue weighted by atomic mass is 9.55. The zero-order valence-corrected chi connectivity index (χ0v) is 18.8. The molecule has 3 aliphatic carbocycles. The van der Waals surface area contributed by atoms with E-state index in [0.29, 0.717) is 0 Å². The molecule has 1 aromatic heterocycles. The maximum Gasteiger partial charge on any atom is 0.254 e. The molecular formula is C29H23N3O2. The van der Waals surface area contributed by atoms with Crippen molar-refractivity contribution in [3.05, 3.63) is 107 Å². The summed E-state index contributed by atoms with van der Waals surface area (Å²) in [5.74, 6) is -1.41. The Morgan fingerprint density at radius 1 is 0.765 bits per heavy atom. The van der Waals surface area contributed by atoms with Gasteiger partial charge >= 0.3 is 0 Å². The summed E-state index contributed by atoms with van der Waals surface area (Å²) < 4.78 is 2.15. The van der Waals surface area contributed by atoms with E-state index in [1.54, 1.807) is 6.21 Å². The van der Waals surface area contributed by atoms with E-state index in [-0.39, 0.29) is 23.7 Å². The molecule has 5 heteroatoms. The molecule has 1 saturated heterocycles. The first-order valence-electron chi connectivity index (χ1n) is 11.9. The number of hydrazone groups is 1. The summed E-state index contributed by atoms with van der Waals surface area (Å²) in [6.07, 6.45) is 3.70. The van der Waals surface area contributed by atoms with E-state index in [1.807, 2.05) is 48.7 Å². The minimum absolute atomic E-state index is 0.110. The van der Waals surface area contributed by atoms with Crippen LogP contribution in [0.1, 0.15) is 46.6 Å². The van der Waals surface area contributed by atoms with Crippen LogP contribution in [0.25, 0.3) is 10.9 Å². The van der Waals surface area contributed by atoms with Gasteiger partial charge in [-0.3, -0.25) is 9.59 Å². The van der Waals surface area contributed by atoms with Gasteiger partial charge in [0.1, 0.15) is 0 Å². The summed E-state index contributed by atoms with van der Waals surface area (Å²) in [5.41, 5.74) is 6.71. The van der Waals surface area contributed by atoms with Crippen molar-refractivity contribution < 1.29 is 9.59 Å². The monoisotopic (exact) mass is 445 g/mol. The molecule has 2 heterocycles. The molecule has 0 spiro atoms. The Morgan fingerprint density at radius 2 is 1.26 bits per heavy atom. The van der Waals surface area contributed by atoms with Crippen LogP contribution in [0.15, 0.2) is 84.1 Å². The zero-order valence-electron chi connectivity index (χ0n) is 18.8. The van der Waals surface area contributed by atoms with Crippen LogP contribution in [-0.2, 0) is 16.1 Å². The van der Waals surface area contributed by atoms with Crippen molar-refractivity contribution in [3.63, 3.8) is 0 Å². The van der Waals surface area contributed by atoms with Crippen LogP contribution in [0, 0.1) is 11.8 Å². The standard InChI is InChI=1S/C29H23N3O2/c1-2-31-16-17(18-9-7-8-14-23(18)31)15-30-32-28(33)26-24-19-10-3-4-11-20(19)25(27(26)29(32)34)22-13-6-5-12-21(22)24/h3-16,24-27H,2H2,1H3/b30-15-/t24?,25?,26-,27-/m1/s1. The molecule has 0 saturated carbocycles. The van der Waals surface area contributed by atoms with Gasteiger partial charge in [0, 0.05) is 41.0 Å². The quantitative estimate of drug-likeness (QED) is 0.333. The van der Waals surface area contributed by atoms with Crippen molar-refractivity contribution in [2.75, 3.05) is 0 Å². The van der Waals surface area contributed by atoms with E-state index in [4.69, 9.17) is 0 Å². The number of carbonyl (C=O) groups is 2. The fourth-order valence-corrected chi connectivity index (χ4v) is 6.54. The Hall–Kier alpha value is -3.99. The smallest absolute Gasteiger partial charge is 0.254 e. The third kappa shape index (κ3) is 2.41. The van der Waals surface area contributed by atoms with Gasteiger partial charge in [0.25, 0.3) is 11.8 Å². The van der Waals surface area contributed by atoms with E-state index in [0.717, 1.165) is 28.0 Å². The first-order chi connectivity index (χ1) is 16.7.